The van der Waals surface area contributed by atoms with Gasteiger partial charge in [-0.15, -0.1) is 0 Å². The standard InChI is InChI=1S/C10H12N2O3/c1-7(13)12-8-2-4-9(5-3-8)15-10(14)6-11/h2-5H,6,11H2,1H3,(H,12,13). The number of benzene rings is 1. The maximum absolute atomic E-state index is 10.8. The van der Waals surface area contributed by atoms with Gasteiger partial charge in [0.15, 0.2) is 0 Å². The molecular weight excluding hydrogens is 196 g/mol. The Kier molecular flexibility index (Phi) is 3.82. The number of hydrogen-bond acceptors (Lipinski definition) is 4. The molecule has 0 spiro atoms. The van der Waals surface area contributed by atoms with Gasteiger partial charge < -0.3 is 15.8 Å². The Balaban J connectivity index is 2.64. The third-order valence-electron chi connectivity index (χ3n) is 1.57. The van der Waals surface area contributed by atoms with Crippen molar-refractivity contribution in [2.45, 2.75) is 6.92 Å². The summed E-state index contributed by atoms with van der Waals surface area (Å²) in [5, 5.41) is 2.60. The smallest absolute Gasteiger partial charge is 0.325 e. The fourth-order valence-corrected chi connectivity index (χ4v) is 0.983. The van der Waals surface area contributed by atoms with Crippen LogP contribution in [0.1, 0.15) is 6.92 Å². The molecule has 0 saturated carbocycles. The van der Waals surface area contributed by atoms with Crippen LogP contribution in [0.3, 0.4) is 0 Å². The third kappa shape index (κ3) is 3.78. The predicted molar refractivity (Wildman–Crippen MR) is 55.4 cm³/mol. The summed E-state index contributed by atoms with van der Waals surface area (Å²) < 4.78 is 4.85. The maximum Gasteiger partial charge on any atom is 0.325 e. The molecule has 5 nitrogen and oxygen atoms in total. The first kappa shape index (κ1) is 11.2. The average Bonchev–Trinajstić information content (AvgIpc) is 2.20. The maximum atomic E-state index is 10.8. The van der Waals surface area contributed by atoms with E-state index in [9.17, 15) is 9.59 Å². The number of ether oxygens (including phenoxy) is 1. The largest absolute Gasteiger partial charge is 0.426 e. The van der Waals surface area contributed by atoms with Crippen LogP contribution in [0, 0.1) is 0 Å². The molecule has 5 heteroatoms. The average molecular weight is 208 g/mol. The molecule has 0 aliphatic carbocycles. The summed E-state index contributed by atoms with van der Waals surface area (Å²) in [6, 6.07) is 6.44. The molecule has 0 unspecified atom stereocenters. The Morgan fingerprint density at radius 1 is 1.33 bits per heavy atom. The van der Waals surface area contributed by atoms with Gasteiger partial charge >= 0.3 is 5.97 Å². The highest BCUT2D eigenvalue weighted by Gasteiger charge is 2.01. The van der Waals surface area contributed by atoms with E-state index in [2.05, 4.69) is 5.32 Å². The molecule has 1 aromatic rings. The van der Waals surface area contributed by atoms with Gasteiger partial charge in [-0.3, -0.25) is 9.59 Å². The molecule has 0 radical (unpaired) electrons. The van der Waals surface area contributed by atoms with E-state index >= 15 is 0 Å². The molecule has 0 aliphatic heterocycles. The van der Waals surface area contributed by atoms with Crippen LogP contribution in [0.4, 0.5) is 5.69 Å². The summed E-state index contributed by atoms with van der Waals surface area (Å²) >= 11 is 0. The molecule has 0 bridgehead atoms. The van der Waals surface area contributed by atoms with Gasteiger partial charge in [-0.05, 0) is 24.3 Å². The van der Waals surface area contributed by atoms with Crippen LogP contribution in [0.15, 0.2) is 24.3 Å². The number of esters is 1. The number of anilines is 1. The molecule has 0 heterocycles. The van der Waals surface area contributed by atoms with E-state index < -0.39 is 5.97 Å². The number of amides is 1. The summed E-state index contributed by atoms with van der Waals surface area (Å²) in [6.07, 6.45) is 0. The highest BCUT2D eigenvalue weighted by molar-refractivity contribution is 5.88. The van der Waals surface area contributed by atoms with Crippen LogP contribution in [0.5, 0.6) is 5.75 Å². The van der Waals surface area contributed by atoms with Crippen molar-refractivity contribution >= 4 is 17.6 Å². The third-order valence-corrected chi connectivity index (χ3v) is 1.57. The van der Waals surface area contributed by atoms with Crippen LogP contribution in [-0.4, -0.2) is 18.4 Å². The van der Waals surface area contributed by atoms with Crippen molar-refractivity contribution in [1.29, 1.82) is 0 Å². The lowest BCUT2D eigenvalue weighted by molar-refractivity contribution is -0.132. The Bertz CT molecular complexity index is 359. The molecule has 15 heavy (non-hydrogen) atoms. The first-order chi connectivity index (χ1) is 7.11. The Hall–Kier alpha value is -1.88. The topological polar surface area (TPSA) is 81.4 Å². The van der Waals surface area contributed by atoms with Crippen LogP contribution >= 0.6 is 0 Å². The molecule has 1 amide bonds. The van der Waals surface area contributed by atoms with Crippen LogP contribution in [0.25, 0.3) is 0 Å². The molecule has 3 N–H and O–H groups in total. The molecule has 0 fully saturated rings. The lowest BCUT2D eigenvalue weighted by atomic mass is 10.3. The fraction of sp³-hybridized carbons (Fsp3) is 0.200. The van der Waals surface area contributed by atoms with Crippen molar-refractivity contribution in [3.8, 4) is 5.75 Å². The zero-order chi connectivity index (χ0) is 11.3. The van der Waals surface area contributed by atoms with Gasteiger partial charge in [0.2, 0.25) is 5.91 Å². The fourth-order valence-electron chi connectivity index (χ4n) is 0.983. The van der Waals surface area contributed by atoms with E-state index in [1.54, 1.807) is 24.3 Å². The molecule has 0 aromatic heterocycles. The number of nitrogens with two attached hydrogens (primary N) is 1. The highest BCUT2D eigenvalue weighted by atomic mass is 16.5. The van der Waals surface area contributed by atoms with Gasteiger partial charge in [-0.25, -0.2) is 0 Å². The molecule has 0 saturated heterocycles. The molecule has 1 aromatic carbocycles. The Labute approximate surface area is 87.2 Å². The molecule has 0 atom stereocenters. The summed E-state index contributed by atoms with van der Waals surface area (Å²) in [5.74, 6) is -0.247. The second-order valence-corrected chi connectivity index (χ2v) is 2.88. The molecule has 80 valence electrons. The zero-order valence-electron chi connectivity index (χ0n) is 8.32. The monoisotopic (exact) mass is 208 g/mol. The van der Waals surface area contributed by atoms with Crippen molar-refractivity contribution < 1.29 is 14.3 Å². The first-order valence-corrected chi connectivity index (χ1v) is 4.40. The normalized spacial score (nSPS) is 9.47. The van der Waals surface area contributed by atoms with Crippen LogP contribution < -0.4 is 15.8 Å². The van der Waals surface area contributed by atoms with E-state index in [0.29, 0.717) is 11.4 Å². The van der Waals surface area contributed by atoms with Gasteiger partial charge in [0.05, 0.1) is 6.54 Å². The van der Waals surface area contributed by atoms with Gasteiger partial charge in [0, 0.05) is 12.6 Å². The van der Waals surface area contributed by atoms with E-state index in [1.165, 1.54) is 6.92 Å². The lowest BCUT2D eigenvalue weighted by Gasteiger charge is -2.04. The Morgan fingerprint density at radius 2 is 1.93 bits per heavy atom. The number of hydrogen-bond donors (Lipinski definition) is 2. The Morgan fingerprint density at radius 3 is 2.40 bits per heavy atom. The van der Waals surface area contributed by atoms with Crippen molar-refractivity contribution in [1.82, 2.24) is 0 Å². The second kappa shape index (κ2) is 5.11. The van der Waals surface area contributed by atoms with Gasteiger partial charge in [-0.1, -0.05) is 0 Å². The van der Waals surface area contributed by atoms with Gasteiger partial charge in [0.25, 0.3) is 0 Å². The first-order valence-electron chi connectivity index (χ1n) is 4.40. The second-order valence-electron chi connectivity index (χ2n) is 2.88. The summed E-state index contributed by atoms with van der Waals surface area (Å²) in [6.45, 7) is 1.26. The summed E-state index contributed by atoms with van der Waals surface area (Å²) in [4.78, 5) is 21.5. The minimum atomic E-state index is -0.498. The number of carbonyl (C=O) groups is 2. The van der Waals surface area contributed by atoms with E-state index in [-0.39, 0.29) is 12.5 Å². The summed E-state index contributed by atoms with van der Waals surface area (Å²) in [7, 11) is 0. The lowest BCUT2D eigenvalue weighted by Crippen LogP contribution is -2.19. The quantitative estimate of drug-likeness (QED) is 0.560. The minimum absolute atomic E-state index is 0.151. The molecule has 0 aliphatic rings. The molecular formula is C10H12N2O3. The summed E-state index contributed by atoms with van der Waals surface area (Å²) in [5.41, 5.74) is 5.73. The van der Waals surface area contributed by atoms with E-state index in [1.807, 2.05) is 0 Å². The minimum Gasteiger partial charge on any atom is -0.426 e. The van der Waals surface area contributed by atoms with Gasteiger partial charge in [0.1, 0.15) is 5.75 Å². The highest BCUT2D eigenvalue weighted by Crippen LogP contribution is 2.15. The van der Waals surface area contributed by atoms with Crippen molar-refractivity contribution in [2.24, 2.45) is 5.73 Å². The predicted octanol–water partition coefficient (Wildman–Crippen LogP) is 0.509. The molecule has 1 rings (SSSR count). The van der Waals surface area contributed by atoms with E-state index in [0.717, 1.165) is 0 Å². The number of rotatable bonds is 3. The van der Waals surface area contributed by atoms with Crippen molar-refractivity contribution in [2.75, 3.05) is 11.9 Å². The SMILES string of the molecule is CC(=O)Nc1ccc(OC(=O)CN)cc1. The van der Waals surface area contributed by atoms with Crippen LogP contribution in [-0.2, 0) is 9.59 Å². The number of nitrogens with one attached hydrogen (secondary N) is 1. The van der Waals surface area contributed by atoms with Crippen LogP contribution in [0.2, 0.25) is 0 Å². The van der Waals surface area contributed by atoms with Crippen molar-refractivity contribution in [3.63, 3.8) is 0 Å². The number of carbonyl (C=O) groups excluding carboxylic acids is 2. The van der Waals surface area contributed by atoms with Crippen molar-refractivity contribution in [3.05, 3.63) is 24.3 Å². The van der Waals surface area contributed by atoms with E-state index in [4.69, 9.17) is 10.5 Å². The van der Waals surface area contributed by atoms with Gasteiger partial charge in [-0.2, -0.15) is 0 Å². The zero-order valence-corrected chi connectivity index (χ0v) is 8.32.